The first-order valence-corrected chi connectivity index (χ1v) is 15.9. The standard InChI is InChI=1S/C29H52N3O7P/c1-5-6-7-8-9-10-11-12-13-14-15-16-17-20-27(33)26(32-28(34)39-29(2,3)4)25-38-40(35,36-23-18-21-30)37-24-19-22-31/h17,20,26-27,33H,5-16,18-19,23-25H2,1-4H3,(H,32,34)/t26-,27+/m0/s1/i25+1D2,26+1. The van der Waals surface area contributed by atoms with Gasteiger partial charge in [0.05, 0.1) is 59.6 Å². The van der Waals surface area contributed by atoms with Crippen LogP contribution in [0.15, 0.2) is 12.2 Å². The normalized spacial score (nSPS) is 14.6. The number of phosphoric ester groups is 1. The highest BCUT2D eigenvalue weighted by Gasteiger charge is 2.31. The van der Waals surface area contributed by atoms with Gasteiger partial charge in [-0.05, 0) is 33.6 Å². The van der Waals surface area contributed by atoms with Crippen molar-refractivity contribution in [1.82, 2.24) is 5.32 Å². The van der Waals surface area contributed by atoms with Crippen LogP contribution in [0.5, 0.6) is 0 Å². The number of rotatable bonds is 24. The van der Waals surface area contributed by atoms with E-state index in [-0.39, 0.29) is 26.1 Å². The molecule has 10 nitrogen and oxygen atoms in total. The number of hydrogen-bond acceptors (Lipinski definition) is 9. The van der Waals surface area contributed by atoms with Crippen LogP contribution in [-0.2, 0) is 22.9 Å². The van der Waals surface area contributed by atoms with Crippen molar-refractivity contribution in [3.05, 3.63) is 12.2 Å². The molecule has 0 spiro atoms. The molecule has 0 aliphatic rings. The molecule has 0 aliphatic carbocycles. The van der Waals surface area contributed by atoms with Crippen molar-refractivity contribution in [2.75, 3.05) is 19.8 Å². The van der Waals surface area contributed by atoms with Crippen molar-refractivity contribution in [3.8, 4) is 12.1 Å². The van der Waals surface area contributed by atoms with E-state index in [1.54, 1.807) is 39.0 Å². The van der Waals surface area contributed by atoms with Gasteiger partial charge in [0, 0.05) is 0 Å². The maximum absolute atomic E-state index is 13.1. The predicted molar refractivity (Wildman–Crippen MR) is 155 cm³/mol. The van der Waals surface area contributed by atoms with Gasteiger partial charge in [-0.3, -0.25) is 13.6 Å². The van der Waals surface area contributed by atoms with Crippen LogP contribution in [0.25, 0.3) is 0 Å². The number of allylic oxidation sites excluding steroid dienone is 1. The Labute approximate surface area is 244 Å². The molecule has 1 amide bonds. The van der Waals surface area contributed by atoms with E-state index in [9.17, 15) is 14.5 Å². The van der Waals surface area contributed by atoms with Crippen molar-refractivity contribution in [2.24, 2.45) is 0 Å². The van der Waals surface area contributed by atoms with Crippen LogP contribution in [0.3, 0.4) is 0 Å². The predicted octanol–water partition coefficient (Wildman–Crippen LogP) is 7.48. The molecule has 0 aromatic heterocycles. The lowest BCUT2D eigenvalue weighted by Gasteiger charge is -2.26. The molecular formula is C29H52N3O7P. The molecule has 0 fully saturated rings. The Hall–Kier alpha value is -1.94. The van der Waals surface area contributed by atoms with Gasteiger partial charge in [0.2, 0.25) is 0 Å². The molecule has 0 aliphatic heterocycles. The number of ether oxygens (including phenoxy) is 1. The second-order valence-electron chi connectivity index (χ2n) is 10.5. The zero-order valence-corrected chi connectivity index (χ0v) is 25.8. The fourth-order valence-electron chi connectivity index (χ4n) is 3.51. The summed E-state index contributed by atoms with van der Waals surface area (Å²) in [5.41, 5.74) is -0.909. The van der Waals surface area contributed by atoms with E-state index in [4.69, 9.17) is 31.6 Å². The Bertz CT molecular complexity index is 877. The number of phosphoric acid groups is 1. The van der Waals surface area contributed by atoms with Gasteiger partial charge < -0.3 is 15.2 Å². The second-order valence-corrected chi connectivity index (χ2v) is 12.1. The minimum Gasteiger partial charge on any atom is -0.444 e. The average molecular weight is 590 g/mol. The minimum atomic E-state index is -4.64. The van der Waals surface area contributed by atoms with Crippen molar-refractivity contribution in [2.45, 2.75) is 135 Å². The van der Waals surface area contributed by atoms with E-state index < -0.39 is 38.2 Å². The molecule has 0 unspecified atom stereocenters. The van der Waals surface area contributed by atoms with Gasteiger partial charge in [-0.2, -0.15) is 10.5 Å². The van der Waals surface area contributed by atoms with Gasteiger partial charge in [-0.25, -0.2) is 9.36 Å². The molecule has 11 heteroatoms. The van der Waals surface area contributed by atoms with Crippen molar-refractivity contribution in [3.63, 3.8) is 0 Å². The number of nitriles is 2. The Balaban J connectivity index is 5.22. The molecular weight excluding hydrogens is 535 g/mol. The Morgan fingerprint density at radius 3 is 1.93 bits per heavy atom. The van der Waals surface area contributed by atoms with Gasteiger partial charge in [-0.1, -0.05) is 83.3 Å². The van der Waals surface area contributed by atoms with E-state index in [1.165, 1.54) is 57.4 Å². The lowest BCUT2D eigenvalue weighted by molar-refractivity contribution is 0.0374. The van der Waals surface area contributed by atoms with E-state index >= 15 is 0 Å². The van der Waals surface area contributed by atoms with Crippen LogP contribution in [-0.4, -0.2) is 48.7 Å². The zero-order chi connectivity index (χ0) is 31.9. The third kappa shape index (κ3) is 22.8. The summed E-state index contributed by atoms with van der Waals surface area (Å²) < 4.78 is 50.4. The van der Waals surface area contributed by atoms with Gasteiger partial charge in [-0.15, -0.1) is 0 Å². The molecule has 0 heterocycles. The first kappa shape index (κ1) is 34.3. The van der Waals surface area contributed by atoms with E-state index in [2.05, 4.69) is 12.2 Å². The maximum Gasteiger partial charge on any atom is 0.474 e. The quantitative estimate of drug-likeness (QED) is 0.0505. The number of nitrogens with zero attached hydrogens (tertiary/aromatic N) is 2. The molecule has 2 atom stereocenters. The van der Waals surface area contributed by atoms with Crippen molar-refractivity contribution in [1.29, 1.82) is 10.5 Å². The summed E-state index contributed by atoms with van der Waals surface area (Å²) in [7, 11) is -4.64. The Morgan fingerprint density at radius 2 is 1.45 bits per heavy atom. The number of nitrogens with one attached hydrogen (secondary N) is 1. The Morgan fingerprint density at radius 1 is 0.950 bits per heavy atom. The summed E-state index contributed by atoms with van der Waals surface area (Å²) in [6, 6.07) is 1.81. The molecule has 0 aromatic carbocycles. The lowest BCUT2D eigenvalue weighted by atomic mass is 10.1. The average Bonchev–Trinajstić information content (AvgIpc) is 2.88. The minimum absolute atomic E-state index is 0.179. The fourth-order valence-corrected chi connectivity index (χ4v) is 4.56. The SMILES string of the molecule is [2H][13C]([2H])(OP(=O)(OCCC#N)OCCC#N)[13C@H](NC(=O)OC(C)(C)C)[C@H](O)C=CCCCCCCCCCCCCC. The van der Waals surface area contributed by atoms with E-state index in [1.807, 2.05) is 0 Å². The second kappa shape index (κ2) is 23.7. The third-order valence-corrected chi connectivity index (χ3v) is 6.87. The van der Waals surface area contributed by atoms with Crippen LogP contribution in [0.1, 0.15) is 120 Å². The lowest BCUT2D eigenvalue weighted by Crippen LogP contribution is -2.47. The Kier molecular flexibility index (Phi) is 20.3. The van der Waals surface area contributed by atoms with E-state index in [0.29, 0.717) is 6.42 Å². The molecule has 0 saturated heterocycles. The molecule has 0 aromatic rings. The molecule has 40 heavy (non-hydrogen) atoms. The molecule has 0 rings (SSSR count). The number of amides is 1. The first-order valence-electron chi connectivity index (χ1n) is 15.5. The maximum atomic E-state index is 13.1. The highest BCUT2D eigenvalue weighted by Crippen LogP contribution is 2.49. The summed E-state index contributed by atoms with van der Waals surface area (Å²) in [4.78, 5) is 12.5. The van der Waals surface area contributed by atoms with Crippen LogP contribution in [0, 0.1) is 22.7 Å². The number of alkyl carbamates (subject to hydrolysis) is 1. The molecule has 230 valence electrons. The van der Waals surface area contributed by atoms with Crippen LogP contribution in [0.2, 0.25) is 0 Å². The van der Waals surface area contributed by atoms with E-state index in [0.717, 1.165) is 19.3 Å². The highest BCUT2D eigenvalue weighted by molar-refractivity contribution is 7.48. The number of hydrogen-bond donors (Lipinski definition) is 2. The molecule has 0 bridgehead atoms. The summed E-state index contributed by atoms with van der Waals surface area (Å²) in [6.45, 7) is 3.33. The number of carbonyl (C=O) groups excluding carboxylic acids is 1. The number of aliphatic hydroxyl groups excluding tert-OH is 1. The summed E-state index contributed by atoms with van der Waals surface area (Å²) in [5.74, 6) is 0. The highest BCUT2D eigenvalue weighted by atomic mass is 31.2. The number of unbranched alkanes of at least 4 members (excludes halogenated alkanes) is 11. The largest absolute Gasteiger partial charge is 0.474 e. The number of aliphatic hydroxyl groups is 1. The van der Waals surface area contributed by atoms with Crippen molar-refractivity contribution < 1.29 is 35.5 Å². The fraction of sp³-hybridized carbons (Fsp3) is 0.828. The third-order valence-electron chi connectivity index (χ3n) is 5.54. The molecule has 0 saturated carbocycles. The van der Waals surface area contributed by atoms with Gasteiger partial charge in [0.1, 0.15) is 5.60 Å². The monoisotopic (exact) mass is 589 g/mol. The topological polar surface area (TPSA) is 151 Å². The first-order chi connectivity index (χ1) is 19.8. The van der Waals surface area contributed by atoms with Gasteiger partial charge in [0.25, 0.3) is 0 Å². The summed E-state index contributed by atoms with van der Waals surface area (Å²) in [5, 5.41) is 30.6. The smallest absolute Gasteiger partial charge is 0.444 e. The van der Waals surface area contributed by atoms with Gasteiger partial charge in [0.15, 0.2) is 0 Å². The van der Waals surface area contributed by atoms with Crippen molar-refractivity contribution >= 4 is 13.9 Å². The number of carbonyl (C=O) groups is 1. The van der Waals surface area contributed by atoms with Gasteiger partial charge >= 0.3 is 13.9 Å². The van der Waals surface area contributed by atoms with Crippen LogP contribution < -0.4 is 5.32 Å². The summed E-state index contributed by atoms with van der Waals surface area (Å²) >= 11 is 0. The summed E-state index contributed by atoms with van der Waals surface area (Å²) in [6.07, 6.45) is 14.0. The molecule has 0 radical (unpaired) electrons. The van der Waals surface area contributed by atoms with Crippen LogP contribution in [0.4, 0.5) is 4.79 Å². The van der Waals surface area contributed by atoms with Crippen LogP contribution >= 0.6 is 7.82 Å². The zero-order valence-electron chi connectivity index (χ0n) is 26.9. The molecule has 2 N–H and O–H groups in total.